The van der Waals surface area contributed by atoms with Crippen molar-refractivity contribution in [2.75, 3.05) is 5.43 Å². The fraction of sp³-hybridized carbons (Fsp3) is 0.231. The van der Waals surface area contributed by atoms with Crippen LogP contribution >= 0.6 is 35.0 Å². The maximum Gasteiger partial charge on any atom is 0.144 e. The monoisotopic (exact) mass is 328 g/mol. The van der Waals surface area contributed by atoms with Gasteiger partial charge >= 0.3 is 0 Å². The summed E-state index contributed by atoms with van der Waals surface area (Å²) in [4.78, 5) is 9.78. The number of hydrazine groups is 1. The summed E-state index contributed by atoms with van der Waals surface area (Å²) in [7, 11) is 0. The third-order valence-corrected chi connectivity index (χ3v) is 4.14. The van der Waals surface area contributed by atoms with Gasteiger partial charge in [-0.25, -0.2) is 15.8 Å². The molecule has 0 amide bonds. The minimum absolute atomic E-state index is 0.219. The summed E-state index contributed by atoms with van der Waals surface area (Å²) in [6, 6.07) is 7.25. The Balaban J connectivity index is 2.32. The van der Waals surface area contributed by atoms with Crippen molar-refractivity contribution in [2.24, 2.45) is 5.84 Å². The van der Waals surface area contributed by atoms with E-state index < -0.39 is 0 Å². The normalized spacial score (nSPS) is 10.9. The molecule has 0 spiro atoms. The second-order valence-electron chi connectivity index (χ2n) is 4.43. The molecule has 0 unspecified atom stereocenters. The van der Waals surface area contributed by atoms with Crippen LogP contribution in [0.4, 0.5) is 5.82 Å². The molecule has 20 heavy (non-hydrogen) atoms. The summed E-state index contributed by atoms with van der Waals surface area (Å²) in [5.74, 6) is 6.98. The number of nitrogens with zero attached hydrogens (tertiary/aromatic N) is 2. The van der Waals surface area contributed by atoms with Gasteiger partial charge in [0.05, 0.1) is 10.0 Å². The van der Waals surface area contributed by atoms with Crippen molar-refractivity contribution >= 4 is 40.8 Å². The van der Waals surface area contributed by atoms with Gasteiger partial charge in [-0.1, -0.05) is 48.8 Å². The Kier molecular flexibility index (Phi) is 5.10. The molecule has 1 heterocycles. The molecule has 0 saturated carbocycles. The Bertz CT molecular complexity index is 619. The number of rotatable bonds is 4. The zero-order chi connectivity index (χ0) is 14.7. The molecule has 0 atom stereocenters. The highest BCUT2D eigenvalue weighted by atomic mass is 35.5. The minimum Gasteiger partial charge on any atom is -0.308 e. The highest BCUT2D eigenvalue weighted by molar-refractivity contribution is 7.99. The van der Waals surface area contributed by atoms with Crippen LogP contribution in [0, 0.1) is 0 Å². The molecular formula is C13H14Cl2N4S. The van der Waals surface area contributed by atoms with Crippen LogP contribution in [0.3, 0.4) is 0 Å². The second-order valence-corrected chi connectivity index (χ2v) is 6.33. The smallest absolute Gasteiger partial charge is 0.144 e. The van der Waals surface area contributed by atoms with E-state index in [1.807, 2.05) is 19.9 Å². The summed E-state index contributed by atoms with van der Waals surface area (Å²) < 4.78 is 0. The SMILES string of the molecule is CC(C)c1nc(NN)cc(Sc2ccc(Cl)c(Cl)c2)n1. The van der Waals surface area contributed by atoms with Crippen LogP contribution in [0.15, 0.2) is 34.2 Å². The van der Waals surface area contributed by atoms with E-state index in [1.54, 1.807) is 18.2 Å². The summed E-state index contributed by atoms with van der Waals surface area (Å²) in [5.41, 5.74) is 2.56. The predicted octanol–water partition coefficient (Wildman–Crippen LogP) is 4.34. The van der Waals surface area contributed by atoms with Crippen LogP contribution < -0.4 is 11.3 Å². The van der Waals surface area contributed by atoms with E-state index in [0.717, 1.165) is 15.7 Å². The average Bonchev–Trinajstić information content (AvgIpc) is 2.42. The van der Waals surface area contributed by atoms with Gasteiger partial charge in [-0.15, -0.1) is 0 Å². The minimum atomic E-state index is 0.219. The maximum atomic E-state index is 6.01. The molecule has 7 heteroatoms. The highest BCUT2D eigenvalue weighted by Crippen LogP contribution is 2.32. The van der Waals surface area contributed by atoms with E-state index in [-0.39, 0.29) is 5.92 Å². The van der Waals surface area contributed by atoms with Crippen LogP contribution in [0.2, 0.25) is 10.0 Å². The fourth-order valence-electron chi connectivity index (χ4n) is 1.49. The molecule has 0 bridgehead atoms. The number of hydrogen-bond acceptors (Lipinski definition) is 5. The van der Waals surface area contributed by atoms with Gasteiger partial charge in [0.1, 0.15) is 16.7 Å². The lowest BCUT2D eigenvalue weighted by Gasteiger charge is -2.09. The summed E-state index contributed by atoms with van der Waals surface area (Å²) in [5, 5.41) is 1.85. The molecule has 1 aromatic heterocycles. The van der Waals surface area contributed by atoms with Crippen molar-refractivity contribution in [3.05, 3.63) is 40.1 Å². The number of aromatic nitrogens is 2. The van der Waals surface area contributed by atoms with E-state index in [4.69, 9.17) is 29.0 Å². The Morgan fingerprint density at radius 1 is 1.15 bits per heavy atom. The fourth-order valence-corrected chi connectivity index (χ4v) is 2.72. The quantitative estimate of drug-likeness (QED) is 0.496. The lowest BCUT2D eigenvalue weighted by molar-refractivity contribution is 0.754. The molecule has 0 aliphatic carbocycles. The van der Waals surface area contributed by atoms with Gasteiger partial charge in [0.25, 0.3) is 0 Å². The van der Waals surface area contributed by atoms with Gasteiger partial charge < -0.3 is 5.43 Å². The van der Waals surface area contributed by atoms with E-state index in [1.165, 1.54) is 11.8 Å². The van der Waals surface area contributed by atoms with Gasteiger partial charge in [0, 0.05) is 16.9 Å². The van der Waals surface area contributed by atoms with Crippen molar-refractivity contribution in [3.63, 3.8) is 0 Å². The Morgan fingerprint density at radius 2 is 1.90 bits per heavy atom. The zero-order valence-electron chi connectivity index (χ0n) is 11.0. The van der Waals surface area contributed by atoms with Crippen LogP contribution in [-0.2, 0) is 0 Å². The lowest BCUT2D eigenvalue weighted by Crippen LogP contribution is -2.11. The van der Waals surface area contributed by atoms with Crippen molar-refractivity contribution in [2.45, 2.75) is 29.7 Å². The first kappa shape index (κ1) is 15.4. The van der Waals surface area contributed by atoms with Crippen molar-refractivity contribution in [1.29, 1.82) is 0 Å². The molecular weight excluding hydrogens is 315 g/mol. The van der Waals surface area contributed by atoms with Crippen LogP contribution in [0.25, 0.3) is 0 Å². The largest absolute Gasteiger partial charge is 0.308 e. The molecule has 1 aromatic carbocycles. The molecule has 106 valence electrons. The maximum absolute atomic E-state index is 6.01. The van der Waals surface area contributed by atoms with Gasteiger partial charge in [-0.3, -0.25) is 0 Å². The molecule has 2 aromatic rings. The standard InChI is InChI=1S/C13H14Cl2N4S/c1-7(2)13-17-11(19-16)6-12(18-13)20-8-3-4-9(14)10(15)5-8/h3-7H,16H2,1-2H3,(H,17,18,19). The van der Waals surface area contributed by atoms with Gasteiger partial charge in [0.15, 0.2) is 0 Å². The first-order chi connectivity index (χ1) is 9.49. The average molecular weight is 329 g/mol. The van der Waals surface area contributed by atoms with E-state index in [2.05, 4.69) is 15.4 Å². The summed E-state index contributed by atoms with van der Waals surface area (Å²) in [6.07, 6.45) is 0. The van der Waals surface area contributed by atoms with E-state index in [9.17, 15) is 0 Å². The topological polar surface area (TPSA) is 63.8 Å². The van der Waals surface area contributed by atoms with Gasteiger partial charge in [0.2, 0.25) is 0 Å². The van der Waals surface area contributed by atoms with Crippen LogP contribution in [0.1, 0.15) is 25.6 Å². The number of halogens is 2. The summed E-state index contributed by atoms with van der Waals surface area (Å²) in [6.45, 7) is 4.06. The molecule has 0 aliphatic rings. The molecule has 3 N–H and O–H groups in total. The van der Waals surface area contributed by atoms with Crippen LogP contribution in [0.5, 0.6) is 0 Å². The molecule has 0 aliphatic heterocycles. The lowest BCUT2D eigenvalue weighted by atomic mass is 10.2. The Labute approximate surface area is 132 Å². The highest BCUT2D eigenvalue weighted by Gasteiger charge is 2.09. The second kappa shape index (κ2) is 6.63. The summed E-state index contributed by atoms with van der Waals surface area (Å²) >= 11 is 13.4. The third-order valence-electron chi connectivity index (χ3n) is 2.50. The van der Waals surface area contributed by atoms with E-state index >= 15 is 0 Å². The third kappa shape index (κ3) is 3.76. The number of nitrogens with two attached hydrogens (primary N) is 1. The number of benzene rings is 1. The Morgan fingerprint density at radius 3 is 2.50 bits per heavy atom. The van der Waals surface area contributed by atoms with Crippen molar-refractivity contribution < 1.29 is 0 Å². The molecule has 2 rings (SSSR count). The zero-order valence-corrected chi connectivity index (χ0v) is 13.4. The number of hydrogen-bond donors (Lipinski definition) is 2. The first-order valence-corrected chi connectivity index (χ1v) is 7.55. The number of anilines is 1. The molecule has 0 fully saturated rings. The first-order valence-electron chi connectivity index (χ1n) is 5.98. The van der Waals surface area contributed by atoms with Gasteiger partial charge in [-0.05, 0) is 18.2 Å². The van der Waals surface area contributed by atoms with Gasteiger partial charge in [-0.2, -0.15) is 0 Å². The Hall–Kier alpha value is -1.01. The predicted molar refractivity (Wildman–Crippen MR) is 84.5 cm³/mol. The number of nitrogen functional groups attached to an aromatic ring is 1. The van der Waals surface area contributed by atoms with Crippen molar-refractivity contribution in [1.82, 2.24) is 9.97 Å². The van der Waals surface area contributed by atoms with E-state index in [0.29, 0.717) is 15.9 Å². The number of nitrogens with one attached hydrogen (secondary N) is 1. The van der Waals surface area contributed by atoms with Crippen molar-refractivity contribution in [3.8, 4) is 0 Å². The van der Waals surface area contributed by atoms with Crippen LogP contribution in [-0.4, -0.2) is 9.97 Å². The molecule has 0 saturated heterocycles. The molecule has 4 nitrogen and oxygen atoms in total. The molecule has 0 radical (unpaired) electrons.